The van der Waals surface area contributed by atoms with Crippen molar-refractivity contribution in [1.82, 2.24) is 10.6 Å². The van der Waals surface area contributed by atoms with E-state index < -0.39 is 0 Å². The fourth-order valence-corrected chi connectivity index (χ4v) is 1.25. The maximum atomic E-state index is 5.12. The number of ether oxygens (including phenoxy) is 1. The van der Waals surface area contributed by atoms with Gasteiger partial charge in [0.15, 0.2) is 0 Å². The van der Waals surface area contributed by atoms with Crippen molar-refractivity contribution in [1.29, 1.82) is 0 Å². The zero-order chi connectivity index (χ0) is 11.2. The van der Waals surface area contributed by atoms with Crippen molar-refractivity contribution in [3.63, 3.8) is 0 Å². The van der Waals surface area contributed by atoms with Crippen LogP contribution in [0, 0.1) is 0 Å². The smallest absolute Gasteiger partial charge is 0.0639 e. The van der Waals surface area contributed by atoms with Crippen LogP contribution in [0.2, 0.25) is 0 Å². The van der Waals surface area contributed by atoms with Gasteiger partial charge in [0.2, 0.25) is 0 Å². The minimum atomic E-state index is 0.0638. The zero-order valence-electron chi connectivity index (χ0n) is 10.5. The Balaban J connectivity index is 3.54. The summed E-state index contributed by atoms with van der Waals surface area (Å²) in [5.74, 6) is 0. The molecule has 0 aromatic rings. The summed E-state index contributed by atoms with van der Waals surface area (Å²) in [5, 5.41) is 6.88. The van der Waals surface area contributed by atoms with E-state index in [0.29, 0.717) is 0 Å². The van der Waals surface area contributed by atoms with Crippen LogP contribution in [0.3, 0.4) is 0 Å². The van der Waals surface area contributed by atoms with Crippen LogP contribution >= 0.6 is 0 Å². The van der Waals surface area contributed by atoms with Crippen molar-refractivity contribution < 1.29 is 4.74 Å². The molecule has 0 aliphatic heterocycles. The second kappa shape index (κ2) is 5.69. The van der Waals surface area contributed by atoms with E-state index in [-0.39, 0.29) is 11.1 Å². The molecule has 0 aliphatic carbocycles. The van der Waals surface area contributed by atoms with Gasteiger partial charge in [-0.25, -0.2) is 0 Å². The molecular weight excluding hydrogens is 176 g/mol. The van der Waals surface area contributed by atoms with Gasteiger partial charge in [0.1, 0.15) is 0 Å². The molecule has 0 unspecified atom stereocenters. The first-order chi connectivity index (χ1) is 6.27. The SMILES string of the molecule is COCC(C)(C)NCCNC(C)(C)C. The molecule has 0 bridgehead atoms. The maximum absolute atomic E-state index is 5.12. The van der Waals surface area contributed by atoms with Crippen molar-refractivity contribution in [2.75, 3.05) is 26.8 Å². The summed E-state index contributed by atoms with van der Waals surface area (Å²) < 4.78 is 5.12. The van der Waals surface area contributed by atoms with Crippen LogP contribution in [0.25, 0.3) is 0 Å². The van der Waals surface area contributed by atoms with Crippen LogP contribution in [0.5, 0.6) is 0 Å². The fraction of sp³-hybridized carbons (Fsp3) is 1.00. The molecule has 3 heteroatoms. The van der Waals surface area contributed by atoms with E-state index >= 15 is 0 Å². The normalized spacial score (nSPS) is 13.3. The van der Waals surface area contributed by atoms with E-state index in [1.54, 1.807) is 7.11 Å². The van der Waals surface area contributed by atoms with Gasteiger partial charge in [-0.15, -0.1) is 0 Å². The predicted octanol–water partition coefficient (Wildman–Crippen LogP) is 1.39. The van der Waals surface area contributed by atoms with Crippen molar-refractivity contribution in [3.8, 4) is 0 Å². The van der Waals surface area contributed by atoms with Crippen LogP contribution < -0.4 is 10.6 Å². The molecular formula is C11H26N2O. The molecule has 0 aliphatic rings. The van der Waals surface area contributed by atoms with Gasteiger partial charge in [0.25, 0.3) is 0 Å². The number of hydrogen-bond donors (Lipinski definition) is 2. The summed E-state index contributed by atoms with van der Waals surface area (Å²) in [6.07, 6.45) is 0. The molecule has 0 heterocycles. The lowest BCUT2D eigenvalue weighted by Gasteiger charge is -2.27. The number of rotatable bonds is 6. The molecule has 86 valence electrons. The van der Waals surface area contributed by atoms with Gasteiger partial charge >= 0.3 is 0 Å². The first-order valence-electron chi connectivity index (χ1n) is 5.26. The molecule has 3 nitrogen and oxygen atoms in total. The Hall–Kier alpha value is -0.120. The van der Waals surface area contributed by atoms with E-state index in [1.165, 1.54) is 0 Å². The number of methoxy groups -OCH3 is 1. The fourth-order valence-electron chi connectivity index (χ4n) is 1.25. The van der Waals surface area contributed by atoms with Crippen LogP contribution in [0.15, 0.2) is 0 Å². The van der Waals surface area contributed by atoms with Gasteiger partial charge in [-0.05, 0) is 34.6 Å². The molecule has 0 saturated carbocycles. The maximum Gasteiger partial charge on any atom is 0.0639 e. The van der Waals surface area contributed by atoms with Gasteiger partial charge in [-0.2, -0.15) is 0 Å². The van der Waals surface area contributed by atoms with Gasteiger partial charge < -0.3 is 15.4 Å². The molecule has 0 radical (unpaired) electrons. The van der Waals surface area contributed by atoms with Gasteiger partial charge in [0.05, 0.1) is 6.61 Å². The third-order valence-corrected chi connectivity index (χ3v) is 1.89. The highest BCUT2D eigenvalue weighted by molar-refractivity contribution is 4.78. The average Bonchev–Trinajstić information content (AvgIpc) is 1.96. The molecule has 0 spiro atoms. The lowest BCUT2D eigenvalue weighted by molar-refractivity contribution is 0.128. The van der Waals surface area contributed by atoms with E-state index in [9.17, 15) is 0 Å². The number of hydrogen-bond acceptors (Lipinski definition) is 3. The highest BCUT2D eigenvalue weighted by Crippen LogP contribution is 2.01. The van der Waals surface area contributed by atoms with Crippen LogP contribution in [0.4, 0.5) is 0 Å². The van der Waals surface area contributed by atoms with Crippen LogP contribution in [0.1, 0.15) is 34.6 Å². The third kappa shape index (κ3) is 8.48. The van der Waals surface area contributed by atoms with E-state index in [2.05, 4.69) is 45.3 Å². The Labute approximate surface area is 88.6 Å². The second-order valence-electron chi connectivity index (χ2n) is 5.42. The first-order valence-corrected chi connectivity index (χ1v) is 5.26. The summed E-state index contributed by atoms with van der Waals surface area (Å²) in [4.78, 5) is 0. The van der Waals surface area contributed by atoms with E-state index in [1.807, 2.05) is 0 Å². The molecule has 0 fully saturated rings. The quantitative estimate of drug-likeness (QED) is 0.639. The van der Waals surface area contributed by atoms with Crippen molar-refractivity contribution >= 4 is 0 Å². The van der Waals surface area contributed by atoms with Gasteiger partial charge in [0, 0.05) is 31.3 Å². The average molecular weight is 202 g/mol. The van der Waals surface area contributed by atoms with E-state index in [0.717, 1.165) is 19.7 Å². The van der Waals surface area contributed by atoms with E-state index in [4.69, 9.17) is 4.74 Å². The lowest BCUT2D eigenvalue weighted by Crippen LogP contribution is -2.48. The van der Waals surface area contributed by atoms with Crippen LogP contribution in [-0.4, -0.2) is 37.9 Å². The molecule has 0 amide bonds. The third-order valence-electron chi connectivity index (χ3n) is 1.89. The van der Waals surface area contributed by atoms with Crippen molar-refractivity contribution in [3.05, 3.63) is 0 Å². The summed E-state index contributed by atoms with van der Waals surface area (Å²) >= 11 is 0. The molecule has 2 N–H and O–H groups in total. The monoisotopic (exact) mass is 202 g/mol. The zero-order valence-corrected chi connectivity index (χ0v) is 10.5. The molecule has 0 aromatic heterocycles. The Morgan fingerprint density at radius 2 is 1.43 bits per heavy atom. The lowest BCUT2D eigenvalue weighted by atomic mass is 10.1. The Bertz CT molecular complexity index is 150. The Kier molecular flexibility index (Phi) is 5.64. The molecule has 0 saturated heterocycles. The predicted molar refractivity (Wildman–Crippen MR) is 61.7 cm³/mol. The largest absolute Gasteiger partial charge is 0.383 e. The van der Waals surface area contributed by atoms with Gasteiger partial charge in [-0.1, -0.05) is 0 Å². The van der Waals surface area contributed by atoms with Crippen LogP contribution in [-0.2, 0) is 4.74 Å². The van der Waals surface area contributed by atoms with Crippen molar-refractivity contribution in [2.24, 2.45) is 0 Å². The summed E-state index contributed by atoms with van der Waals surface area (Å²) in [6.45, 7) is 13.5. The number of nitrogens with one attached hydrogen (secondary N) is 2. The molecule has 14 heavy (non-hydrogen) atoms. The van der Waals surface area contributed by atoms with Gasteiger partial charge in [-0.3, -0.25) is 0 Å². The standard InChI is InChI=1S/C11H26N2O/c1-10(2,3)12-7-8-13-11(4,5)9-14-6/h12-13H,7-9H2,1-6H3. The highest BCUT2D eigenvalue weighted by atomic mass is 16.5. The Morgan fingerprint density at radius 1 is 0.929 bits per heavy atom. The Morgan fingerprint density at radius 3 is 1.86 bits per heavy atom. The van der Waals surface area contributed by atoms with Crippen molar-refractivity contribution in [2.45, 2.75) is 45.7 Å². The molecule has 0 rings (SSSR count). The highest BCUT2D eigenvalue weighted by Gasteiger charge is 2.16. The summed E-state index contributed by atoms with van der Waals surface area (Å²) in [7, 11) is 1.73. The summed E-state index contributed by atoms with van der Waals surface area (Å²) in [5.41, 5.74) is 0.265. The minimum absolute atomic E-state index is 0.0638. The first kappa shape index (κ1) is 13.9. The topological polar surface area (TPSA) is 33.3 Å². The second-order valence-corrected chi connectivity index (χ2v) is 5.42. The molecule has 0 atom stereocenters. The molecule has 0 aromatic carbocycles. The minimum Gasteiger partial charge on any atom is -0.383 e. The summed E-state index contributed by atoms with van der Waals surface area (Å²) in [6, 6.07) is 0.